The van der Waals surface area contributed by atoms with Crippen molar-refractivity contribution in [2.24, 2.45) is 12.2 Å². The third-order valence-corrected chi connectivity index (χ3v) is 4.82. The molecule has 2 rings (SSSR count). The van der Waals surface area contributed by atoms with Crippen LogP contribution in [0, 0.1) is 0 Å². The van der Waals surface area contributed by atoms with Crippen molar-refractivity contribution in [1.29, 1.82) is 0 Å². The molecule has 0 spiro atoms. The molecule has 0 fully saturated rings. The summed E-state index contributed by atoms with van der Waals surface area (Å²) in [6, 6.07) is 0. The van der Waals surface area contributed by atoms with E-state index in [1.807, 2.05) is 0 Å². The quantitative estimate of drug-likeness (QED) is 0.827. The molecule has 0 N–H and O–H groups in total. The summed E-state index contributed by atoms with van der Waals surface area (Å²) in [5, 5.41) is 6.52. The SMILES string of the molecule is COc1c(CS(=O)(=O)C2=NOC(C)(C)C2)c(C(F)(F)F)nn1C. The van der Waals surface area contributed by atoms with Gasteiger partial charge in [-0.1, -0.05) is 5.16 Å². The lowest BCUT2D eigenvalue weighted by Crippen LogP contribution is -2.24. The number of aromatic nitrogens is 2. The zero-order valence-electron chi connectivity index (χ0n) is 12.9. The molecule has 0 aliphatic carbocycles. The first-order valence-corrected chi connectivity index (χ1v) is 8.17. The molecule has 0 atom stereocenters. The number of alkyl halides is 3. The number of halogens is 3. The number of hydrogen-bond acceptors (Lipinski definition) is 6. The number of oxime groups is 1. The minimum atomic E-state index is -4.80. The highest BCUT2D eigenvalue weighted by molar-refractivity contribution is 8.05. The second-order valence-electron chi connectivity index (χ2n) is 5.73. The van der Waals surface area contributed by atoms with E-state index in [9.17, 15) is 21.6 Å². The summed E-state index contributed by atoms with van der Waals surface area (Å²) < 4.78 is 69.7. The Kier molecular flexibility index (Phi) is 4.12. The number of aryl methyl sites for hydroxylation is 1. The highest BCUT2D eigenvalue weighted by Gasteiger charge is 2.43. The maximum atomic E-state index is 13.1. The standard InChI is InChI=1S/C12H16F3N3O4S/c1-11(2)5-8(17-22-11)23(19,20)6-7-9(12(13,14)15)16-18(3)10(7)21-4/h5-6H2,1-4H3. The Morgan fingerprint density at radius 2 is 2.00 bits per heavy atom. The van der Waals surface area contributed by atoms with Crippen LogP contribution >= 0.6 is 0 Å². The van der Waals surface area contributed by atoms with Crippen molar-refractivity contribution in [2.45, 2.75) is 37.8 Å². The van der Waals surface area contributed by atoms with Gasteiger partial charge in [-0.05, 0) is 13.8 Å². The number of hydrogen-bond donors (Lipinski definition) is 0. The van der Waals surface area contributed by atoms with Gasteiger partial charge in [-0.25, -0.2) is 13.1 Å². The summed E-state index contributed by atoms with van der Waals surface area (Å²) in [7, 11) is -1.71. The van der Waals surface area contributed by atoms with Gasteiger partial charge in [-0.3, -0.25) is 0 Å². The molecule has 0 radical (unpaired) electrons. The Morgan fingerprint density at radius 3 is 2.43 bits per heavy atom. The van der Waals surface area contributed by atoms with E-state index >= 15 is 0 Å². The number of sulfone groups is 1. The van der Waals surface area contributed by atoms with Crippen molar-refractivity contribution in [1.82, 2.24) is 9.78 Å². The van der Waals surface area contributed by atoms with E-state index in [4.69, 9.17) is 9.57 Å². The summed E-state index contributed by atoms with van der Waals surface area (Å²) in [6.45, 7) is 3.26. The van der Waals surface area contributed by atoms with Crippen molar-refractivity contribution in [3.05, 3.63) is 11.3 Å². The first-order chi connectivity index (χ1) is 10.4. The number of ether oxygens (including phenoxy) is 1. The number of rotatable bonds is 3. The third-order valence-electron chi connectivity index (χ3n) is 3.21. The van der Waals surface area contributed by atoms with Crippen LogP contribution in [0.2, 0.25) is 0 Å². The Morgan fingerprint density at radius 1 is 1.39 bits per heavy atom. The lowest BCUT2D eigenvalue weighted by Gasteiger charge is -2.13. The van der Waals surface area contributed by atoms with E-state index < -0.39 is 38.6 Å². The van der Waals surface area contributed by atoms with Gasteiger partial charge in [0.1, 0.15) is 5.60 Å². The van der Waals surface area contributed by atoms with Crippen molar-refractivity contribution >= 4 is 14.9 Å². The highest BCUT2D eigenvalue weighted by atomic mass is 32.2. The molecule has 1 aliphatic heterocycles. The first-order valence-electron chi connectivity index (χ1n) is 6.52. The average Bonchev–Trinajstić information content (AvgIpc) is 2.89. The third kappa shape index (κ3) is 3.43. The maximum absolute atomic E-state index is 13.1. The minimum Gasteiger partial charge on any atom is -0.481 e. The highest BCUT2D eigenvalue weighted by Crippen LogP contribution is 2.37. The van der Waals surface area contributed by atoms with Gasteiger partial charge in [0.15, 0.2) is 20.6 Å². The molecule has 1 aromatic heterocycles. The molecule has 0 amide bonds. The molecule has 0 saturated carbocycles. The molecule has 0 saturated heterocycles. The van der Waals surface area contributed by atoms with E-state index in [0.717, 1.165) is 11.8 Å². The number of methoxy groups -OCH3 is 1. The smallest absolute Gasteiger partial charge is 0.435 e. The Bertz CT molecular complexity index is 750. The second kappa shape index (κ2) is 5.39. The number of nitrogens with zero attached hydrogens (tertiary/aromatic N) is 3. The molecule has 23 heavy (non-hydrogen) atoms. The van der Waals surface area contributed by atoms with E-state index in [1.54, 1.807) is 13.8 Å². The van der Waals surface area contributed by atoms with Gasteiger partial charge in [0.25, 0.3) is 0 Å². The van der Waals surface area contributed by atoms with Gasteiger partial charge in [0.05, 0.1) is 18.4 Å². The van der Waals surface area contributed by atoms with E-state index in [-0.39, 0.29) is 17.3 Å². The molecule has 2 heterocycles. The van der Waals surface area contributed by atoms with Crippen LogP contribution in [0.1, 0.15) is 31.5 Å². The molecular weight excluding hydrogens is 339 g/mol. The van der Waals surface area contributed by atoms with Crippen LogP contribution in [-0.4, -0.2) is 36.0 Å². The topological polar surface area (TPSA) is 82.8 Å². The Hall–Kier alpha value is -1.78. The van der Waals surface area contributed by atoms with E-state index in [1.165, 1.54) is 7.05 Å². The Balaban J connectivity index is 2.44. The van der Waals surface area contributed by atoms with Crippen molar-refractivity contribution in [2.75, 3.05) is 7.11 Å². The molecule has 7 nitrogen and oxygen atoms in total. The van der Waals surface area contributed by atoms with Gasteiger partial charge >= 0.3 is 6.18 Å². The molecular formula is C12H16F3N3O4S. The summed E-state index contributed by atoms with van der Waals surface area (Å²) in [5.74, 6) is -1.18. The molecule has 11 heteroatoms. The van der Waals surface area contributed by atoms with Crippen LogP contribution in [0.4, 0.5) is 13.2 Å². The summed E-state index contributed by atoms with van der Waals surface area (Å²) in [6.07, 6.45) is -4.81. The normalized spacial score (nSPS) is 17.8. The van der Waals surface area contributed by atoms with Crippen LogP contribution < -0.4 is 4.74 Å². The van der Waals surface area contributed by atoms with Crippen LogP contribution in [0.15, 0.2) is 5.16 Å². The minimum absolute atomic E-state index is 0.0146. The largest absolute Gasteiger partial charge is 0.481 e. The van der Waals surface area contributed by atoms with Gasteiger partial charge in [0, 0.05) is 13.5 Å². The molecule has 0 aromatic carbocycles. The summed E-state index contributed by atoms with van der Waals surface area (Å²) in [4.78, 5) is 4.97. The predicted molar refractivity (Wildman–Crippen MR) is 74.6 cm³/mol. The molecule has 0 bridgehead atoms. The summed E-state index contributed by atoms with van der Waals surface area (Å²) >= 11 is 0. The second-order valence-corrected chi connectivity index (χ2v) is 7.72. The zero-order chi connectivity index (χ0) is 17.6. The van der Waals surface area contributed by atoms with Crippen LogP contribution in [0.3, 0.4) is 0 Å². The molecule has 1 aliphatic rings. The fraction of sp³-hybridized carbons (Fsp3) is 0.667. The monoisotopic (exact) mass is 355 g/mol. The fourth-order valence-electron chi connectivity index (χ4n) is 2.21. The van der Waals surface area contributed by atoms with Crippen LogP contribution in [0.5, 0.6) is 5.88 Å². The van der Waals surface area contributed by atoms with Crippen LogP contribution in [0.25, 0.3) is 0 Å². The summed E-state index contributed by atoms with van der Waals surface area (Å²) in [5.41, 5.74) is -2.65. The van der Waals surface area contributed by atoms with Gasteiger partial charge in [-0.15, -0.1) is 0 Å². The Labute approximate surface area is 131 Å². The van der Waals surface area contributed by atoms with Gasteiger partial charge in [0.2, 0.25) is 5.88 Å². The molecule has 130 valence electrons. The van der Waals surface area contributed by atoms with Crippen LogP contribution in [-0.2, 0) is 33.7 Å². The van der Waals surface area contributed by atoms with Crippen molar-refractivity contribution < 1.29 is 31.2 Å². The lowest BCUT2D eigenvalue weighted by atomic mass is 10.1. The van der Waals surface area contributed by atoms with Crippen molar-refractivity contribution in [3.63, 3.8) is 0 Å². The average molecular weight is 355 g/mol. The lowest BCUT2D eigenvalue weighted by molar-refractivity contribution is -0.141. The zero-order valence-corrected chi connectivity index (χ0v) is 13.7. The van der Waals surface area contributed by atoms with E-state index in [2.05, 4.69) is 10.3 Å². The van der Waals surface area contributed by atoms with Gasteiger partial charge < -0.3 is 9.57 Å². The first kappa shape index (κ1) is 17.6. The predicted octanol–water partition coefficient (Wildman–Crippen LogP) is 1.87. The van der Waals surface area contributed by atoms with Gasteiger partial charge in [-0.2, -0.15) is 18.3 Å². The van der Waals surface area contributed by atoms with E-state index in [0.29, 0.717) is 0 Å². The fourth-order valence-corrected chi connectivity index (χ4v) is 3.73. The molecule has 1 aromatic rings. The molecule has 0 unspecified atom stereocenters. The maximum Gasteiger partial charge on any atom is 0.435 e. The van der Waals surface area contributed by atoms with Crippen molar-refractivity contribution in [3.8, 4) is 5.88 Å².